The summed E-state index contributed by atoms with van der Waals surface area (Å²) < 4.78 is 1.99. The zero-order valence-corrected chi connectivity index (χ0v) is 16.1. The van der Waals surface area contributed by atoms with E-state index < -0.39 is 0 Å². The molecule has 5 heteroatoms. The fourth-order valence-corrected chi connectivity index (χ4v) is 3.66. The highest BCUT2D eigenvalue weighted by Gasteiger charge is 2.25. The molecule has 0 fully saturated rings. The third kappa shape index (κ3) is 3.31. The van der Waals surface area contributed by atoms with E-state index in [-0.39, 0.29) is 11.8 Å². The molecule has 0 unspecified atom stereocenters. The lowest BCUT2D eigenvalue weighted by Gasteiger charge is -2.30. The first-order chi connectivity index (χ1) is 13.5. The second-order valence-electron chi connectivity index (χ2n) is 7.24. The minimum Gasteiger partial charge on any atom is -0.345 e. The molecule has 0 saturated heterocycles. The molecule has 2 heterocycles. The van der Waals surface area contributed by atoms with Gasteiger partial charge in [0.2, 0.25) is 0 Å². The molecule has 4 rings (SSSR count). The summed E-state index contributed by atoms with van der Waals surface area (Å²) in [6.07, 6.45) is 5.68. The van der Waals surface area contributed by atoms with E-state index in [0.717, 1.165) is 29.8 Å². The van der Waals surface area contributed by atoms with Crippen LogP contribution in [0.15, 0.2) is 67.0 Å². The van der Waals surface area contributed by atoms with Crippen LogP contribution in [-0.2, 0) is 6.42 Å². The van der Waals surface area contributed by atoms with E-state index in [2.05, 4.69) is 0 Å². The molecule has 2 aromatic carbocycles. The number of aromatic nitrogens is 1. The van der Waals surface area contributed by atoms with Gasteiger partial charge in [0, 0.05) is 55.5 Å². The van der Waals surface area contributed by atoms with Crippen molar-refractivity contribution in [3.63, 3.8) is 0 Å². The van der Waals surface area contributed by atoms with E-state index in [0.29, 0.717) is 17.7 Å². The van der Waals surface area contributed by atoms with Gasteiger partial charge >= 0.3 is 0 Å². The molecular weight excluding hydrogens is 350 g/mol. The van der Waals surface area contributed by atoms with Gasteiger partial charge in [0.25, 0.3) is 11.8 Å². The van der Waals surface area contributed by atoms with Crippen LogP contribution in [-0.4, -0.2) is 41.9 Å². The summed E-state index contributed by atoms with van der Waals surface area (Å²) in [5, 5.41) is 0. The molecule has 28 heavy (non-hydrogen) atoms. The van der Waals surface area contributed by atoms with Crippen molar-refractivity contribution in [1.29, 1.82) is 0 Å². The zero-order valence-electron chi connectivity index (χ0n) is 16.1. The molecule has 5 nitrogen and oxygen atoms in total. The number of fused-ring (bicyclic) bond motifs is 1. The number of carbonyl (C=O) groups excluding carboxylic acids is 2. The second-order valence-corrected chi connectivity index (χ2v) is 7.24. The summed E-state index contributed by atoms with van der Waals surface area (Å²) in [4.78, 5) is 28.9. The van der Waals surface area contributed by atoms with Crippen molar-refractivity contribution in [2.45, 2.75) is 12.8 Å². The summed E-state index contributed by atoms with van der Waals surface area (Å²) >= 11 is 0. The number of hydrogen-bond donors (Lipinski definition) is 0. The first kappa shape index (κ1) is 18.0. The lowest BCUT2D eigenvalue weighted by atomic mass is 9.98. The van der Waals surface area contributed by atoms with E-state index in [9.17, 15) is 9.59 Å². The second kappa shape index (κ2) is 7.35. The maximum absolute atomic E-state index is 13.3. The van der Waals surface area contributed by atoms with Crippen LogP contribution in [0.4, 0.5) is 5.69 Å². The Bertz CT molecular complexity index is 1020. The molecule has 0 atom stereocenters. The van der Waals surface area contributed by atoms with Crippen LogP contribution in [0.25, 0.3) is 5.69 Å². The Kier molecular flexibility index (Phi) is 4.74. The Morgan fingerprint density at radius 3 is 2.46 bits per heavy atom. The van der Waals surface area contributed by atoms with Gasteiger partial charge < -0.3 is 14.4 Å². The Morgan fingerprint density at radius 2 is 1.71 bits per heavy atom. The number of carbonyl (C=O) groups is 2. The van der Waals surface area contributed by atoms with Gasteiger partial charge in [-0.15, -0.1) is 0 Å². The van der Waals surface area contributed by atoms with Crippen LogP contribution in [0, 0.1) is 0 Å². The molecule has 0 spiro atoms. The van der Waals surface area contributed by atoms with Gasteiger partial charge in [-0.2, -0.15) is 0 Å². The number of nitrogens with zero attached hydrogens (tertiary/aromatic N) is 3. The van der Waals surface area contributed by atoms with Crippen LogP contribution >= 0.6 is 0 Å². The standard InChI is InChI=1S/C23H23N3O2/c1-24(2)22(27)19-10-11-21-17(15-19)8-6-14-26(21)23(28)18-7-5-9-20(16-18)25-12-3-4-13-25/h3-5,7,9-13,15-16H,6,8,14H2,1-2H3. The summed E-state index contributed by atoms with van der Waals surface area (Å²) in [5.74, 6) is -0.0349. The molecule has 142 valence electrons. The molecule has 0 aliphatic carbocycles. The van der Waals surface area contributed by atoms with Gasteiger partial charge in [-0.3, -0.25) is 9.59 Å². The molecule has 0 saturated carbocycles. The van der Waals surface area contributed by atoms with Gasteiger partial charge in [0.1, 0.15) is 0 Å². The average Bonchev–Trinajstić information content (AvgIpc) is 3.27. The van der Waals surface area contributed by atoms with Crippen molar-refractivity contribution in [3.8, 4) is 5.69 Å². The number of benzene rings is 2. The molecule has 1 aliphatic rings. The van der Waals surface area contributed by atoms with E-state index in [1.165, 1.54) is 0 Å². The molecule has 1 aromatic heterocycles. The fourth-order valence-electron chi connectivity index (χ4n) is 3.66. The third-order valence-corrected chi connectivity index (χ3v) is 5.09. The Labute approximate surface area is 164 Å². The highest BCUT2D eigenvalue weighted by Crippen LogP contribution is 2.30. The summed E-state index contributed by atoms with van der Waals surface area (Å²) in [5.41, 5.74) is 4.23. The minimum atomic E-state index is -0.0225. The van der Waals surface area contributed by atoms with Crippen LogP contribution < -0.4 is 4.90 Å². The van der Waals surface area contributed by atoms with E-state index >= 15 is 0 Å². The molecule has 1 aliphatic heterocycles. The number of aryl methyl sites for hydroxylation is 1. The first-order valence-corrected chi connectivity index (χ1v) is 9.44. The van der Waals surface area contributed by atoms with Crippen molar-refractivity contribution in [2.75, 3.05) is 25.5 Å². The molecule has 0 bridgehead atoms. The lowest BCUT2D eigenvalue weighted by Crippen LogP contribution is -2.35. The van der Waals surface area contributed by atoms with Crippen molar-refractivity contribution < 1.29 is 9.59 Å². The van der Waals surface area contributed by atoms with Gasteiger partial charge in [0.05, 0.1) is 0 Å². The van der Waals surface area contributed by atoms with Gasteiger partial charge in [-0.05, 0) is 66.9 Å². The quantitative estimate of drug-likeness (QED) is 0.702. The van der Waals surface area contributed by atoms with Gasteiger partial charge in [0.15, 0.2) is 0 Å². The van der Waals surface area contributed by atoms with Crippen molar-refractivity contribution in [1.82, 2.24) is 9.47 Å². The predicted molar refractivity (Wildman–Crippen MR) is 110 cm³/mol. The van der Waals surface area contributed by atoms with Gasteiger partial charge in [-0.1, -0.05) is 6.07 Å². The van der Waals surface area contributed by atoms with Crippen molar-refractivity contribution in [2.24, 2.45) is 0 Å². The molecule has 0 N–H and O–H groups in total. The fraction of sp³-hybridized carbons (Fsp3) is 0.217. The van der Waals surface area contributed by atoms with Crippen molar-refractivity contribution >= 4 is 17.5 Å². The minimum absolute atomic E-state index is 0.0124. The molecule has 0 radical (unpaired) electrons. The SMILES string of the molecule is CN(C)C(=O)c1ccc2c(c1)CCCN2C(=O)c1cccc(-n2cccc2)c1. The van der Waals surface area contributed by atoms with Crippen molar-refractivity contribution in [3.05, 3.63) is 83.7 Å². The first-order valence-electron chi connectivity index (χ1n) is 9.44. The Morgan fingerprint density at radius 1 is 0.929 bits per heavy atom. The summed E-state index contributed by atoms with van der Waals surface area (Å²) in [6, 6.07) is 17.2. The number of anilines is 1. The topological polar surface area (TPSA) is 45.6 Å². The lowest BCUT2D eigenvalue weighted by molar-refractivity contribution is 0.0827. The zero-order chi connectivity index (χ0) is 19.7. The van der Waals surface area contributed by atoms with Crippen LogP contribution in [0.1, 0.15) is 32.7 Å². The monoisotopic (exact) mass is 373 g/mol. The highest BCUT2D eigenvalue weighted by atomic mass is 16.2. The Hall–Kier alpha value is -3.34. The normalized spacial score (nSPS) is 13.1. The summed E-state index contributed by atoms with van der Waals surface area (Å²) in [6.45, 7) is 0.681. The third-order valence-electron chi connectivity index (χ3n) is 5.09. The largest absolute Gasteiger partial charge is 0.345 e. The van der Waals surface area contributed by atoms with Crippen LogP contribution in [0.5, 0.6) is 0 Å². The number of amides is 2. The van der Waals surface area contributed by atoms with Crippen LogP contribution in [0.3, 0.4) is 0 Å². The number of rotatable bonds is 3. The average molecular weight is 373 g/mol. The number of hydrogen-bond acceptors (Lipinski definition) is 2. The molecule has 3 aromatic rings. The summed E-state index contributed by atoms with van der Waals surface area (Å²) in [7, 11) is 3.49. The highest BCUT2D eigenvalue weighted by molar-refractivity contribution is 6.07. The molecule has 2 amide bonds. The van der Waals surface area contributed by atoms with E-state index in [1.807, 2.05) is 76.5 Å². The predicted octanol–water partition coefficient (Wildman–Crippen LogP) is 3.77. The maximum Gasteiger partial charge on any atom is 0.258 e. The van der Waals surface area contributed by atoms with Crippen LogP contribution in [0.2, 0.25) is 0 Å². The van der Waals surface area contributed by atoms with E-state index in [1.54, 1.807) is 19.0 Å². The van der Waals surface area contributed by atoms with Gasteiger partial charge in [-0.25, -0.2) is 0 Å². The van der Waals surface area contributed by atoms with E-state index in [4.69, 9.17) is 0 Å². The Balaban J connectivity index is 1.65. The molecular formula is C23H23N3O2. The smallest absolute Gasteiger partial charge is 0.258 e. The maximum atomic E-state index is 13.3.